The highest BCUT2D eigenvalue weighted by atomic mass is 16.2. The van der Waals surface area contributed by atoms with E-state index in [0.717, 1.165) is 10.1 Å². The van der Waals surface area contributed by atoms with Crippen LogP contribution in [0.15, 0.2) is 33.9 Å². The summed E-state index contributed by atoms with van der Waals surface area (Å²) < 4.78 is 1.00. The molecule has 6 heteroatoms. The van der Waals surface area contributed by atoms with E-state index in [4.69, 9.17) is 5.73 Å². The number of nitrogens with zero attached hydrogens (tertiary/aromatic N) is 1. The van der Waals surface area contributed by atoms with Crippen LogP contribution >= 0.6 is 0 Å². The molecule has 2 rings (SSSR count). The highest BCUT2D eigenvalue weighted by Crippen LogP contribution is 2.04. The Kier molecular flexibility index (Phi) is 2.94. The Balaban J connectivity index is 2.43. The highest BCUT2D eigenvalue weighted by molar-refractivity contribution is 5.41. The first-order chi connectivity index (χ1) is 8.22. The molecule has 0 amide bonds. The van der Waals surface area contributed by atoms with Crippen LogP contribution in [-0.2, 0) is 0 Å². The molecule has 0 bridgehead atoms. The van der Waals surface area contributed by atoms with E-state index in [0.29, 0.717) is 12.2 Å². The first-order valence-corrected chi connectivity index (χ1v) is 4.91. The van der Waals surface area contributed by atoms with Crippen molar-refractivity contribution < 1.29 is 0 Å². The number of aromatic nitrogens is 3. The first kappa shape index (κ1) is 11.0. The molecule has 0 aliphatic carbocycles. The van der Waals surface area contributed by atoms with Gasteiger partial charge >= 0.3 is 11.4 Å². The Morgan fingerprint density at radius 2 is 1.71 bits per heavy atom. The minimum atomic E-state index is -0.504. The van der Waals surface area contributed by atoms with Crippen LogP contribution in [0.3, 0.4) is 0 Å². The summed E-state index contributed by atoms with van der Waals surface area (Å²) in [5.41, 5.74) is 5.51. The number of H-pyrrole nitrogens is 2. The highest BCUT2D eigenvalue weighted by Gasteiger charge is 2.04. The van der Waals surface area contributed by atoms with Crippen LogP contribution in [0, 0.1) is 11.8 Å². The van der Waals surface area contributed by atoms with Gasteiger partial charge in [-0.05, 0) is 24.3 Å². The summed E-state index contributed by atoms with van der Waals surface area (Å²) in [6.07, 6.45) is 0. The molecule has 6 nitrogen and oxygen atoms in total. The molecule has 0 aliphatic heterocycles. The van der Waals surface area contributed by atoms with Gasteiger partial charge in [0.1, 0.15) is 0 Å². The number of rotatable bonds is 1. The van der Waals surface area contributed by atoms with Gasteiger partial charge in [0.2, 0.25) is 0 Å². The number of benzene rings is 1. The lowest BCUT2D eigenvalue weighted by Crippen LogP contribution is -2.24. The second-order valence-corrected chi connectivity index (χ2v) is 3.25. The maximum Gasteiger partial charge on any atom is 0.348 e. The molecule has 1 heterocycles. The average Bonchev–Trinajstić information content (AvgIpc) is 2.67. The van der Waals surface area contributed by atoms with Gasteiger partial charge in [0, 0.05) is 5.56 Å². The molecule has 0 saturated carbocycles. The van der Waals surface area contributed by atoms with E-state index in [2.05, 4.69) is 22.0 Å². The van der Waals surface area contributed by atoms with Crippen molar-refractivity contribution in [3.63, 3.8) is 0 Å². The molecule has 0 fully saturated rings. The first-order valence-electron chi connectivity index (χ1n) is 4.91. The normalized spacial score (nSPS) is 9.71. The largest absolute Gasteiger partial charge is 0.348 e. The molecule has 0 aliphatic rings. The smallest absolute Gasteiger partial charge is 0.320 e. The van der Waals surface area contributed by atoms with Gasteiger partial charge in [-0.15, -0.1) is 0 Å². The van der Waals surface area contributed by atoms with Gasteiger partial charge in [-0.1, -0.05) is 11.8 Å². The van der Waals surface area contributed by atoms with Crippen LogP contribution in [0.25, 0.3) is 5.69 Å². The zero-order valence-electron chi connectivity index (χ0n) is 8.86. The summed E-state index contributed by atoms with van der Waals surface area (Å²) >= 11 is 0. The van der Waals surface area contributed by atoms with Crippen molar-refractivity contribution in [2.24, 2.45) is 5.73 Å². The van der Waals surface area contributed by atoms with E-state index in [1.165, 1.54) is 0 Å². The third-order valence-electron chi connectivity index (χ3n) is 2.14. The second kappa shape index (κ2) is 4.55. The van der Waals surface area contributed by atoms with E-state index in [-0.39, 0.29) is 0 Å². The fourth-order valence-corrected chi connectivity index (χ4v) is 1.39. The van der Waals surface area contributed by atoms with Crippen LogP contribution in [-0.4, -0.2) is 21.3 Å². The Hall–Kier alpha value is -2.52. The van der Waals surface area contributed by atoms with Crippen LogP contribution < -0.4 is 17.1 Å². The molecule has 0 unspecified atom stereocenters. The van der Waals surface area contributed by atoms with Gasteiger partial charge in [-0.3, -0.25) is 0 Å². The summed E-state index contributed by atoms with van der Waals surface area (Å²) in [5.74, 6) is 5.57. The van der Waals surface area contributed by atoms with Gasteiger partial charge in [0.05, 0.1) is 12.2 Å². The van der Waals surface area contributed by atoms with Gasteiger partial charge in [0.15, 0.2) is 0 Å². The van der Waals surface area contributed by atoms with E-state index in [9.17, 15) is 9.59 Å². The molecule has 0 radical (unpaired) electrons. The van der Waals surface area contributed by atoms with Crippen LogP contribution in [0.2, 0.25) is 0 Å². The van der Waals surface area contributed by atoms with Gasteiger partial charge in [-0.2, -0.15) is 0 Å². The van der Waals surface area contributed by atoms with Crippen molar-refractivity contribution in [2.45, 2.75) is 0 Å². The van der Waals surface area contributed by atoms with E-state index in [1.807, 2.05) is 0 Å². The number of hydrogen-bond acceptors (Lipinski definition) is 3. The molecule has 0 atom stereocenters. The van der Waals surface area contributed by atoms with Crippen molar-refractivity contribution in [2.75, 3.05) is 6.54 Å². The minimum absolute atomic E-state index is 0.290. The third kappa shape index (κ3) is 2.19. The summed E-state index contributed by atoms with van der Waals surface area (Å²) in [4.78, 5) is 22.7. The van der Waals surface area contributed by atoms with Crippen molar-refractivity contribution in [3.8, 4) is 17.5 Å². The van der Waals surface area contributed by atoms with Gasteiger partial charge in [0.25, 0.3) is 0 Å². The molecule has 86 valence electrons. The second-order valence-electron chi connectivity index (χ2n) is 3.25. The molecule has 2 aromatic rings. The lowest BCUT2D eigenvalue weighted by molar-refractivity contribution is 0.951. The number of nitrogens with two attached hydrogens (primary N) is 1. The summed E-state index contributed by atoms with van der Waals surface area (Å²) in [7, 11) is 0. The van der Waals surface area contributed by atoms with E-state index >= 15 is 0 Å². The molecular formula is C11H10N4O2. The number of aromatic amines is 2. The molecule has 17 heavy (non-hydrogen) atoms. The molecule has 4 N–H and O–H groups in total. The zero-order valence-corrected chi connectivity index (χ0v) is 8.86. The maximum atomic E-state index is 11.3. The fourth-order valence-electron chi connectivity index (χ4n) is 1.39. The quantitative estimate of drug-likeness (QED) is 0.557. The fraction of sp³-hybridized carbons (Fsp3) is 0.0909. The topological polar surface area (TPSA) is 96.7 Å². The number of nitrogens with one attached hydrogen (secondary N) is 2. The Morgan fingerprint density at radius 3 is 2.24 bits per heavy atom. The lowest BCUT2D eigenvalue weighted by atomic mass is 10.2. The SMILES string of the molecule is NCC#Cc1ccc(-n2c(=O)[nH][nH]c2=O)cc1. The van der Waals surface area contributed by atoms with Crippen molar-refractivity contribution in [1.82, 2.24) is 14.8 Å². The Bertz CT molecular complexity index is 651. The predicted molar refractivity (Wildman–Crippen MR) is 62.9 cm³/mol. The summed E-state index contributed by atoms with van der Waals surface area (Å²) in [6, 6.07) is 6.73. The Morgan fingerprint density at radius 1 is 1.12 bits per heavy atom. The monoisotopic (exact) mass is 230 g/mol. The standard InChI is InChI=1S/C11H10N4O2/c12-7-1-2-8-3-5-9(6-4-8)15-10(16)13-14-11(15)17/h3-6H,7,12H2,(H,13,16)(H,14,17). The van der Waals surface area contributed by atoms with Gasteiger partial charge < -0.3 is 5.73 Å². The predicted octanol–water partition coefficient (Wildman–Crippen LogP) is -0.836. The zero-order chi connectivity index (χ0) is 12.3. The van der Waals surface area contributed by atoms with Crippen molar-refractivity contribution in [3.05, 3.63) is 50.8 Å². The molecule has 0 saturated heterocycles. The molecule has 1 aromatic carbocycles. The summed E-state index contributed by atoms with van der Waals surface area (Å²) in [5, 5.41) is 4.42. The maximum absolute atomic E-state index is 11.3. The number of hydrogen-bond donors (Lipinski definition) is 3. The minimum Gasteiger partial charge on any atom is -0.320 e. The molecular weight excluding hydrogens is 220 g/mol. The van der Waals surface area contributed by atoms with Crippen LogP contribution in [0.5, 0.6) is 0 Å². The van der Waals surface area contributed by atoms with Crippen LogP contribution in [0.4, 0.5) is 0 Å². The van der Waals surface area contributed by atoms with Crippen molar-refractivity contribution >= 4 is 0 Å². The van der Waals surface area contributed by atoms with Gasteiger partial charge in [-0.25, -0.2) is 24.4 Å². The molecule has 0 spiro atoms. The van der Waals surface area contributed by atoms with Crippen molar-refractivity contribution in [1.29, 1.82) is 0 Å². The summed E-state index contributed by atoms with van der Waals surface area (Å²) in [6.45, 7) is 0.290. The molecule has 1 aromatic heterocycles. The van der Waals surface area contributed by atoms with E-state index in [1.54, 1.807) is 24.3 Å². The van der Waals surface area contributed by atoms with E-state index < -0.39 is 11.4 Å². The van der Waals surface area contributed by atoms with Crippen LogP contribution in [0.1, 0.15) is 5.56 Å². The average molecular weight is 230 g/mol. The lowest BCUT2D eigenvalue weighted by Gasteiger charge is -1.98. The Labute approximate surface area is 96.1 Å². The third-order valence-corrected chi connectivity index (χ3v) is 2.14.